The molecule has 0 spiro atoms. The van der Waals surface area contributed by atoms with Gasteiger partial charge in [-0.2, -0.15) is 0 Å². The average molecular weight is 262 g/mol. The van der Waals surface area contributed by atoms with Gasteiger partial charge in [-0.05, 0) is 30.2 Å². The molecule has 5 heteroatoms. The van der Waals surface area contributed by atoms with Crippen molar-refractivity contribution in [1.29, 1.82) is 0 Å². The second-order valence-corrected chi connectivity index (χ2v) is 4.09. The maximum atomic E-state index is 11.6. The molecular weight excluding hydrogens is 244 g/mol. The number of aliphatic carboxylic acids is 1. The topological polar surface area (TPSA) is 69.6 Å². The van der Waals surface area contributed by atoms with Crippen LogP contribution in [0.4, 0.5) is 4.79 Å². The first kappa shape index (κ1) is 14.8. The predicted molar refractivity (Wildman–Crippen MR) is 73.7 cm³/mol. The molecule has 1 rings (SSSR count). The van der Waals surface area contributed by atoms with E-state index in [1.54, 1.807) is 11.9 Å². The third-order valence-electron chi connectivity index (χ3n) is 2.63. The van der Waals surface area contributed by atoms with E-state index in [1.165, 1.54) is 6.08 Å². The fourth-order valence-electron chi connectivity index (χ4n) is 1.43. The van der Waals surface area contributed by atoms with Crippen molar-refractivity contribution in [3.63, 3.8) is 0 Å². The van der Waals surface area contributed by atoms with E-state index in [0.717, 1.165) is 17.2 Å². The molecule has 2 amide bonds. The third-order valence-corrected chi connectivity index (χ3v) is 2.63. The van der Waals surface area contributed by atoms with E-state index in [-0.39, 0.29) is 6.03 Å². The van der Waals surface area contributed by atoms with Gasteiger partial charge >= 0.3 is 12.0 Å². The summed E-state index contributed by atoms with van der Waals surface area (Å²) in [5.41, 5.74) is 1.71. The molecule has 0 aliphatic heterocycles. The van der Waals surface area contributed by atoms with E-state index < -0.39 is 5.97 Å². The number of carboxylic acid groups (broad SMARTS) is 1. The molecule has 0 saturated carbocycles. The largest absolute Gasteiger partial charge is 0.478 e. The second-order valence-electron chi connectivity index (χ2n) is 4.09. The molecule has 0 aliphatic carbocycles. The highest BCUT2D eigenvalue weighted by Crippen LogP contribution is 2.07. The molecule has 0 aliphatic rings. The lowest BCUT2D eigenvalue weighted by Crippen LogP contribution is -2.36. The van der Waals surface area contributed by atoms with Crippen molar-refractivity contribution < 1.29 is 14.7 Å². The van der Waals surface area contributed by atoms with Gasteiger partial charge in [0, 0.05) is 26.2 Å². The van der Waals surface area contributed by atoms with E-state index in [9.17, 15) is 9.59 Å². The van der Waals surface area contributed by atoms with Gasteiger partial charge in [0.15, 0.2) is 0 Å². The first-order chi connectivity index (χ1) is 9.02. The SMILES string of the molecule is CCN(C)C(=O)NCc1cccc(C=CC(=O)O)c1. The van der Waals surface area contributed by atoms with Gasteiger partial charge in [-0.1, -0.05) is 18.2 Å². The molecule has 0 heterocycles. The number of carbonyl (C=O) groups is 2. The van der Waals surface area contributed by atoms with Crippen LogP contribution in [0.1, 0.15) is 18.1 Å². The van der Waals surface area contributed by atoms with Crippen LogP contribution in [0.3, 0.4) is 0 Å². The lowest BCUT2D eigenvalue weighted by molar-refractivity contribution is -0.131. The zero-order chi connectivity index (χ0) is 14.3. The molecule has 0 fully saturated rings. The minimum absolute atomic E-state index is 0.131. The summed E-state index contributed by atoms with van der Waals surface area (Å²) in [6.45, 7) is 2.96. The Kier molecular flexibility index (Phi) is 5.60. The van der Waals surface area contributed by atoms with Crippen molar-refractivity contribution in [1.82, 2.24) is 10.2 Å². The number of rotatable bonds is 5. The Labute approximate surface area is 112 Å². The Balaban J connectivity index is 2.62. The molecule has 0 unspecified atom stereocenters. The quantitative estimate of drug-likeness (QED) is 0.797. The van der Waals surface area contributed by atoms with Crippen molar-refractivity contribution in [2.75, 3.05) is 13.6 Å². The summed E-state index contributed by atoms with van der Waals surface area (Å²) in [6.07, 6.45) is 2.61. The Morgan fingerprint density at radius 1 is 1.42 bits per heavy atom. The molecule has 0 radical (unpaired) electrons. The number of carbonyl (C=O) groups excluding carboxylic acids is 1. The highest BCUT2D eigenvalue weighted by molar-refractivity contribution is 5.85. The number of nitrogens with one attached hydrogen (secondary N) is 1. The summed E-state index contributed by atoms with van der Waals surface area (Å²) < 4.78 is 0. The van der Waals surface area contributed by atoms with Gasteiger partial charge in [-0.15, -0.1) is 0 Å². The summed E-state index contributed by atoms with van der Waals surface area (Å²) >= 11 is 0. The summed E-state index contributed by atoms with van der Waals surface area (Å²) in [5, 5.41) is 11.3. The molecule has 0 aromatic heterocycles. The van der Waals surface area contributed by atoms with Crippen LogP contribution in [0.25, 0.3) is 6.08 Å². The Hall–Kier alpha value is -2.30. The fraction of sp³-hybridized carbons (Fsp3) is 0.286. The third kappa shape index (κ3) is 5.25. The lowest BCUT2D eigenvalue weighted by atomic mass is 10.1. The molecule has 0 atom stereocenters. The monoisotopic (exact) mass is 262 g/mol. The molecule has 102 valence electrons. The molecule has 19 heavy (non-hydrogen) atoms. The highest BCUT2D eigenvalue weighted by Gasteiger charge is 2.04. The summed E-state index contributed by atoms with van der Waals surface area (Å²) in [4.78, 5) is 23.6. The molecule has 0 bridgehead atoms. The van der Waals surface area contributed by atoms with E-state index in [0.29, 0.717) is 13.1 Å². The predicted octanol–water partition coefficient (Wildman–Crippen LogP) is 1.95. The van der Waals surface area contributed by atoms with Crippen LogP contribution in [0.2, 0.25) is 0 Å². The normalized spacial score (nSPS) is 10.4. The van der Waals surface area contributed by atoms with Gasteiger partial charge in [0.2, 0.25) is 0 Å². The van der Waals surface area contributed by atoms with Gasteiger partial charge in [0.05, 0.1) is 0 Å². The number of carboxylic acids is 1. The van der Waals surface area contributed by atoms with Crippen LogP contribution in [-0.2, 0) is 11.3 Å². The number of hydrogen-bond acceptors (Lipinski definition) is 2. The summed E-state index contributed by atoms with van der Waals surface area (Å²) in [6, 6.07) is 7.22. The van der Waals surface area contributed by atoms with Crippen molar-refractivity contribution in [3.05, 3.63) is 41.5 Å². The van der Waals surface area contributed by atoms with Gasteiger partial charge in [-0.3, -0.25) is 0 Å². The minimum atomic E-state index is -0.983. The van der Waals surface area contributed by atoms with Crippen LogP contribution < -0.4 is 5.32 Å². The second kappa shape index (κ2) is 7.20. The maximum Gasteiger partial charge on any atom is 0.328 e. The molecular formula is C14H18N2O3. The fourth-order valence-corrected chi connectivity index (χ4v) is 1.43. The van der Waals surface area contributed by atoms with Crippen molar-refractivity contribution in [2.45, 2.75) is 13.5 Å². The Morgan fingerprint density at radius 2 is 2.16 bits per heavy atom. The van der Waals surface area contributed by atoms with E-state index in [2.05, 4.69) is 5.32 Å². The molecule has 0 saturated heterocycles. The first-order valence-electron chi connectivity index (χ1n) is 6.02. The zero-order valence-corrected chi connectivity index (χ0v) is 11.1. The van der Waals surface area contributed by atoms with E-state index in [4.69, 9.17) is 5.11 Å². The number of urea groups is 1. The van der Waals surface area contributed by atoms with Crippen LogP contribution in [0.15, 0.2) is 30.3 Å². The average Bonchev–Trinajstić information content (AvgIpc) is 2.42. The van der Waals surface area contributed by atoms with Crippen molar-refractivity contribution >= 4 is 18.1 Å². The van der Waals surface area contributed by atoms with E-state index in [1.807, 2.05) is 31.2 Å². The van der Waals surface area contributed by atoms with Gasteiger partial charge in [0.1, 0.15) is 0 Å². The molecule has 2 N–H and O–H groups in total. The lowest BCUT2D eigenvalue weighted by Gasteiger charge is -2.15. The van der Waals surface area contributed by atoms with Crippen molar-refractivity contribution in [3.8, 4) is 0 Å². The van der Waals surface area contributed by atoms with Crippen molar-refractivity contribution in [2.24, 2.45) is 0 Å². The summed E-state index contributed by atoms with van der Waals surface area (Å²) in [7, 11) is 1.72. The smallest absolute Gasteiger partial charge is 0.328 e. The van der Waals surface area contributed by atoms with Crippen LogP contribution >= 0.6 is 0 Å². The number of benzene rings is 1. The Morgan fingerprint density at radius 3 is 2.79 bits per heavy atom. The number of amides is 2. The maximum absolute atomic E-state index is 11.6. The number of nitrogens with zero attached hydrogens (tertiary/aromatic N) is 1. The van der Waals surface area contributed by atoms with Crippen LogP contribution in [0, 0.1) is 0 Å². The van der Waals surface area contributed by atoms with Gasteiger partial charge in [-0.25, -0.2) is 9.59 Å². The number of hydrogen-bond donors (Lipinski definition) is 2. The van der Waals surface area contributed by atoms with Crippen LogP contribution in [0.5, 0.6) is 0 Å². The Bertz CT molecular complexity index is 483. The molecule has 1 aromatic carbocycles. The first-order valence-corrected chi connectivity index (χ1v) is 6.02. The van der Waals surface area contributed by atoms with E-state index >= 15 is 0 Å². The molecule has 5 nitrogen and oxygen atoms in total. The standard InChI is InChI=1S/C14H18N2O3/c1-3-16(2)14(19)15-10-12-6-4-5-11(9-12)7-8-13(17)18/h4-9H,3,10H2,1-2H3,(H,15,19)(H,17,18). The minimum Gasteiger partial charge on any atom is -0.478 e. The summed E-state index contributed by atoms with van der Waals surface area (Å²) in [5.74, 6) is -0.983. The van der Waals surface area contributed by atoms with Gasteiger partial charge in [0.25, 0.3) is 0 Å². The van der Waals surface area contributed by atoms with Crippen LogP contribution in [-0.4, -0.2) is 35.6 Å². The highest BCUT2D eigenvalue weighted by atomic mass is 16.4. The zero-order valence-electron chi connectivity index (χ0n) is 11.1. The molecule has 1 aromatic rings. The van der Waals surface area contributed by atoms with Gasteiger partial charge < -0.3 is 15.3 Å².